The Bertz CT molecular complexity index is 637. The average molecular weight is 289 g/mol. The summed E-state index contributed by atoms with van der Waals surface area (Å²) in [6.45, 7) is 6.50. The van der Waals surface area contributed by atoms with Gasteiger partial charge in [0.1, 0.15) is 0 Å². The Morgan fingerprint density at radius 1 is 1.00 bits per heavy atom. The van der Waals surface area contributed by atoms with Gasteiger partial charge in [0.15, 0.2) is 0 Å². The number of benzene rings is 2. The van der Waals surface area contributed by atoms with E-state index in [1.165, 1.54) is 11.6 Å². The smallest absolute Gasteiger partial charge is 0.337 e. The summed E-state index contributed by atoms with van der Waals surface area (Å²) >= 11 is 6.00. The second-order valence-electron chi connectivity index (χ2n) is 5.83. The Morgan fingerprint density at radius 2 is 1.55 bits per heavy atom. The van der Waals surface area contributed by atoms with E-state index >= 15 is 0 Å². The number of aromatic carboxylic acids is 1. The molecule has 0 saturated heterocycles. The summed E-state index contributed by atoms with van der Waals surface area (Å²) in [7, 11) is 0. The minimum absolute atomic E-state index is 0.114. The molecule has 0 aromatic heterocycles. The Kier molecular flexibility index (Phi) is 3.87. The van der Waals surface area contributed by atoms with Gasteiger partial charge in [-0.1, -0.05) is 62.7 Å². The van der Waals surface area contributed by atoms with Gasteiger partial charge in [-0.2, -0.15) is 0 Å². The first-order chi connectivity index (χ1) is 9.29. The van der Waals surface area contributed by atoms with E-state index in [0.717, 1.165) is 11.1 Å². The number of hydrogen-bond donors (Lipinski definition) is 1. The van der Waals surface area contributed by atoms with Crippen LogP contribution in [0.4, 0.5) is 0 Å². The first-order valence-corrected chi connectivity index (χ1v) is 6.80. The summed E-state index contributed by atoms with van der Waals surface area (Å²) in [6, 6.07) is 13.3. The third kappa shape index (κ3) is 3.02. The molecule has 2 aromatic carbocycles. The molecule has 2 nitrogen and oxygen atoms in total. The van der Waals surface area contributed by atoms with Gasteiger partial charge in [-0.15, -0.1) is 0 Å². The third-order valence-electron chi connectivity index (χ3n) is 3.28. The van der Waals surface area contributed by atoms with Gasteiger partial charge in [0, 0.05) is 0 Å². The quantitative estimate of drug-likeness (QED) is 0.844. The predicted molar refractivity (Wildman–Crippen MR) is 82.5 cm³/mol. The van der Waals surface area contributed by atoms with Crippen LogP contribution in [0.2, 0.25) is 5.02 Å². The highest BCUT2D eigenvalue weighted by Crippen LogP contribution is 2.28. The molecule has 0 aliphatic carbocycles. The molecule has 1 N–H and O–H groups in total. The number of carboxylic acid groups (broad SMARTS) is 1. The Morgan fingerprint density at radius 3 is 2.00 bits per heavy atom. The van der Waals surface area contributed by atoms with E-state index < -0.39 is 5.97 Å². The van der Waals surface area contributed by atoms with E-state index in [0.29, 0.717) is 0 Å². The summed E-state index contributed by atoms with van der Waals surface area (Å²) < 4.78 is 0. The van der Waals surface area contributed by atoms with Crippen molar-refractivity contribution >= 4 is 17.6 Å². The lowest BCUT2D eigenvalue weighted by molar-refractivity contribution is 0.0697. The molecule has 0 radical (unpaired) electrons. The summed E-state index contributed by atoms with van der Waals surface area (Å²) in [6.07, 6.45) is 0. The highest BCUT2D eigenvalue weighted by atomic mass is 35.5. The van der Waals surface area contributed by atoms with Crippen LogP contribution in [0.5, 0.6) is 0 Å². The Labute approximate surface area is 124 Å². The highest BCUT2D eigenvalue weighted by Gasteiger charge is 2.14. The molecule has 0 spiro atoms. The molecule has 0 amide bonds. The first-order valence-electron chi connectivity index (χ1n) is 6.43. The summed E-state index contributed by atoms with van der Waals surface area (Å²) in [5.74, 6) is -1.01. The van der Waals surface area contributed by atoms with E-state index in [4.69, 9.17) is 16.7 Å². The van der Waals surface area contributed by atoms with Crippen molar-refractivity contribution in [2.24, 2.45) is 0 Å². The van der Waals surface area contributed by atoms with Crippen LogP contribution in [-0.2, 0) is 5.41 Å². The molecule has 0 fully saturated rings. The van der Waals surface area contributed by atoms with Crippen molar-refractivity contribution in [3.05, 3.63) is 58.6 Å². The standard InChI is InChI=1S/C17H17ClO2/c1-17(2,3)13-7-4-11(5-8-13)12-6-9-14(16(19)20)15(18)10-12/h4-10H,1-3H3,(H,19,20). The van der Waals surface area contributed by atoms with Gasteiger partial charge in [0.25, 0.3) is 0 Å². The second kappa shape index (κ2) is 5.29. The molecular weight excluding hydrogens is 272 g/mol. The molecule has 104 valence electrons. The zero-order valence-corrected chi connectivity index (χ0v) is 12.5. The van der Waals surface area contributed by atoms with Gasteiger partial charge < -0.3 is 5.11 Å². The van der Waals surface area contributed by atoms with Crippen molar-refractivity contribution in [1.82, 2.24) is 0 Å². The van der Waals surface area contributed by atoms with Crippen LogP contribution in [0.15, 0.2) is 42.5 Å². The number of rotatable bonds is 2. The van der Waals surface area contributed by atoms with Crippen molar-refractivity contribution < 1.29 is 9.90 Å². The lowest BCUT2D eigenvalue weighted by Crippen LogP contribution is -2.10. The fraction of sp³-hybridized carbons (Fsp3) is 0.235. The van der Waals surface area contributed by atoms with Crippen LogP contribution in [0.1, 0.15) is 36.7 Å². The van der Waals surface area contributed by atoms with Crippen molar-refractivity contribution in [3.8, 4) is 11.1 Å². The molecule has 2 aromatic rings. The van der Waals surface area contributed by atoms with Gasteiger partial charge in [-0.25, -0.2) is 4.79 Å². The topological polar surface area (TPSA) is 37.3 Å². The van der Waals surface area contributed by atoms with Gasteiger partial charge in [-0.05, 0) is 34.2 Å². The van der Waals surface area contributed by atoms with E-state index in [-0.39, 0.29) is 16.0 Å². The van der Waals surface area contributed by atoms with Crippen molar-refractivity contribution in [2.75, 3.05) is 0 Å². The molecule has 0 bridgehead atoms. The number of carbonyl (C=O) groups is 1. The van der Waals surface area contributed by atoms with Crippen LogP contribution >= 0.6 is 11.6 Å². The monoisotopic (exact) mass is 288 g/mol. The largest absolute Gasteiger partial charge is 0.478 e. The Balaban J connectivity index is 2.37. The molecule has 0 aliphatic heterocycles. The van der Waals surface area contributed by atoms with E-state index in [1.54, 1.807) is 12.1 Å². The van der Waals surface area contributed by atoms with E-state index in [1.807, 2.05) is 12.1 Å². The zero-order valence-electron chi connectivity index (χ0n) is 11.8. The van der Waals surface area contributed by atoms with Gasteiger partial charge in [0.2, 0.25) is 0 Å². The number of carboxylic acids is 1. The second-order valence-corrected chi connectivity index (χ2v) is 6.23. The van der Waals surface area contributed by atoms with Gasteiger partial charge in [-0.3, -0.25) is 0 Å². The summed E-state index contributed by atoms with van der Waals surface area (Å²) in [5, 5.41) is 9.23. The molecular formula is C17H17ClO2. The maximum Gasteiger partial charge on any atom is 0.337 e. The normalized spacial score (nSPS) is 11.4. The first kappa shape index (κ1) is 14.6. The number of halogens is 1. The van der Waals surface area contributed by atoms with Crippen LogP contribution < -0.4 is 0 Å². The lowest BCUT2D eigenvalue weighted by atomic mass is 9.86. The molecule has 20 heavy (non-hydrogen) atoms. The summed E-state index contributed by atoms with van der Waals surface area (Å²) in [4.78, 5) is 10.9. The van der Waals surface area contributed by atoms with Crippen LogP contribution in [0, 0.1) is 0 Å². The minimum atomic E-state index is -1.01. The molecule has 0 aliphatic rings. The van der Waals surface area contributed by atoms with Crippen molar-refractivity contribution in [3.63, 3.8) is 0 Å². The maximum atomic E-state index is 10.9. The highest BCUT2D eigenvalue weighted by molar-refractivity contribution is 6.33. The predicted octanol–water partition coefficient (Wildman–Crippen LogP) is 5.00. The summed E-state index contributed by atoms with van der Waals surface area (Å²) in [5.41, 5.74) is 3.44. The van der Waals surface area contributed by atoms with E-state index in [2.05, 4.69) is 32.9 Å². The molecule has 0 atom stereocenters. The fourth-order valence-corrected chi connectivity index (χ4v) is 2.29. The maximum absolute atomic E-state index is 10.9. The van der Waals surface area contributed by atoms with Gasteiger partial charge in [0.05, 0.1) is 10.6 Å². The molecule has 2 rings (SSSR count). The minimum Gasteiger partial charge on any atom is -0.478 e. The molecule has 0 heterocycles. The molecule has 0 saturated carbocycles. The van der Waals surface area contributed by atoms with Crippen LogP contribution in [-0.4, -0.2) is 11.1 Å². The lowest BCUT2D eigenvalue weighted by Gasteiger charge is -2.19. The van der Waals surface area contributed by atoms with Crippen LogP contribution in [0.3, 0.4) is 0 Å². The Hall–Kier alpha value is -1.80. The fourth-order valence-electron chi connectivity index (χ4n) is 2.03. The average Bonchev–Trinajstić information content (AvgIpc) is 2.37. The van der Waals surface area contributed by atoms with Crippen LogP contribution in [0.25, 0.3) is 11.1 Å². The third-order valence-corrected chi connectivity index (χ3v) is 3.60. The van der Waals surface area contributed by atoms with Crippen molar-refractivity contribution in [1.29, 1.82) is 0 Å². The molecule has 3 heteroatoms. The SMILES string of the molecule is CC(C)(C)c1ccc(-c2ccc(C(=O)O)c(Cl)c2)cc1. The zero-order chi connectivity index (χ0) is 14.9. The molecule has 0 unspecified atom stereocenters. The number of hydrogen-bond acceptors (Lipinski definition) is 1. The van der Waals surface area contributed by atoms with Gasteiger partial charge >= 0.3 is 5.97 Å². The van der Waals surface area contributed by atoms with E-state index in [9.17, 15) is 4.79 Å². The van der Waals surface area contributed by atoms with Crippen molar-refractivity contribution in [2.45, 2.75) is 26.2 Å².